The number of hydrogen-bond donors (Lipinski definition) is 2. The molecule has 1 heterocycles. The van der Waals surface area contributed by atoms with Crippen molar-refractivity contribution in [3.05, 3.63) is 0 Å². The summed E-state index contributed by atoms with van der Waals surface area (Å²) in [5.74, 6) is 0.355. The fourth-order valence-corrected chi connectivity index (χ4v) is 2.84. The maximum Gasteiger partial charge on any atom is 0.305 e. The molecular weight excluding hydrogens is 244 g/mol. The van der Waals surface area contributed by atoms with Crippen LogP contribution in [0.5, 0.6) is 0 Å². The van der Waals surface area contributed by atoms with E-state index in [1.807, 2.05) is 0 Å². The zero-order chi connectivity index (χ0) is 12.8. The maximum atomic E-state index is 12.0. The maximum absolute atomic E-state index is 12.0. The highest BCUT2D eigenvalue weighted by molar-refractivity contribution is 7.99. The Kier molecular flexibility index (Phi) is 5.73. The van der Waals surface area contributed by atoms with Crippen molar-refractivity contribution in [3.8, 4) is 0 Å². The minimum absolute atomic E-state index is 0.0293. The lowest BCUT2D eigenvalue weighted by atomic mass is 10.1. The van der Waals surface area contributed by atoms with Gasteiger partial charge in [0, 0.05) is 25.2 Å². The molecule has 1 amide bonds. The minimum Gasteiger partial charge on any atom is -0.481 e. The Labute approximate surface area is 104 Å². The number of methoxy groups -OCH3 is 1. The van der Waals surface area contributed by atoms with Crippen LogP contribution in [0, 0.1) is 0 Å². The highest BCUT2D eigenvalue weighted by Crippen LogP contribution is 2.19. The first-order chi connectivity index (χ1) is 8.06. The molecule has 0 radical (unpaired) electrons. The monoisotopic (exact) mass is 262 g/mol. The molecule has 2 atom stereocenters. The molecule has 0 aromatic heterocycles. The van der Waals surface area contributed by atoms with Crippen molar-refractivity contribution in [2.24, 2.45) is 5.73 Å². The van der Waals surface area contributed by atoms with Crippen molar-refractivity contribution in [3.63, 3.8) is 0 Å². The van der Waals surface area contributed by atoms with Gasteiger partial charge >= 0.3 is 5.97 Å². The molecule has 0 bridgehead atoms. The van der Waals surface area contributed by atoms with Crippen molar-refractivity contribution in [2.45, 2.75) is 18.5 Å². The van der Waals surface area contributed by atoms with E-state index in [9.17, 15) is 9.59 Å². The minimum atomic E-state index is -0.893. The number of carbonyl (C=O) groups excluding carboxylic acids is 1. The average Bonchev–Trinajstić information content (AvgIpc) is 2.28. The highest BCUT2D eigenvalue weighted by atomic mass is 32.2. The standard InChI is InChI=1S/C10H18N2O4S/c1-16-5-8(11)10(15)12-2-3-17-6-7(12)4-9(13)14/h7-8H,2-6,11H2,1H3,(H,13,14). The van der Waals surface area contributed by atoms with E-state index in [0.717, 1.165) is 5.75 Å². The molecule has 2 unspecified atom stereocenters. The molecule has 1 rings (SSSR count). The quantitative estimate of drug-likeness (QED) is 0.686. The molecule has 0 spiro atoms. The van der Waals surface area contributed by atoms with Gasteiger partial charge in [-0.3, -0.25) is 9.59 Å². The third-order valence-electron chi connectivity index (χ3n) is 2.58. The topological polar surface area (TPSA) is 92.9 Å². The van der Waals surface area contributed by atoms with Crippen LogP contribution in [0.2, 0.25) is 0 Å². The van der Waals surface area contributed by atoms with E-state index in [-0.39, 0.29) is 25.0 Å². The second-order valence-corrected chi connectivity index (χ2v) is 5.07. The molecule has 1 aliphatic heterocycles. The van der Waals surface area contributed by atoms with Gasteiger partial charge < -0.3 is 20.5 Å². The van der Waals surface area contributed by atoms with Crippen LogP contribution in [0.3, 0.4) is 0 Å². The molecular formula is C10H18N2O4S. The normalized spacial score (nSPS) is 22.2. The molecule has 0 saturated carbocycles. The lowest BCUT2D eigenvalue weighted by Crippen LogP contribution is -2.54. The summed E-state index contributed by atoms with van der Waals surface area (Å²) in [7, 11) is 1.48. The Bertz CT molecular complexity index is 287. The van der Waals surface area contributed by atoms with Gasteiger partial charge in [0.1, 0.15) is 6.04 Å². The first kappa shape index (κ1) is 14.3. The Morgan fingerprint density at radius 1 is 1.65 bits per heavy atom. The molecule has 3 N–H and O–H groups in total. The zero-order valence-electron chi connectivity index (χ0n) is 9.80. The van der Waals surface area contributed by atoms with Crippen LogP contribution in [-0.2, 0) is 14.3 Å². The van der Waals surface area contributed by atoms with Crippen molar-refractivity contribution < 1.29 is 19.4 Å². The third kappa shape index (κ3) is 4.18. The number of aliphatic carboxylic acids is 1. The van der Waals surface area contributed by atoms with Crippen molar-refractivity contribution in [1.82, 2.24) is 4.90 Å². The van der Waals surface area contributed by atoms with E-state index < -0.39 is 12.0 Å². The predicted molar refractivity (Wildman–Crippen MR) is 64.9 cm³/mol. The second-order valence-electron chi connectivity index (χ2n) is 3.92. The van der Waals surface area contributed by atoms with Gasteiger partial charge in [-0.2, -0.15) is 11.8 Å². The van der Waals surface area contributed by atoms with E-state index in [4.69, 9.17) is 15.6 Å². The molecule has 6 nitrogen and oxygen atoms in total. The fraction of sp³-hybridized carbons (Fsp3) is 0.800. The van der Waals surface area contributed by atoms with Crippen molar-refractivity contribution in [1.29, 1.82) is 0 Å². The number of nitrogens with zero attached hydrogens (tertiary/aromatic N) is 1. The Balaban J connectivity index is 2.63. The number of nitrogens with two attached hydrogens (primary N) is 1. The predicted octanol–water partition coefficient (Wildman–Crippen LogP) is -0.621. The van der Waals surface area contributed by atoms with E-state index in [2.05, 4.69) is 0 Å². The van der Waals surface area contributed by atoms with Crippen LogP contribution in [0.25, 0.3) is 0 Å². The molecule has 0 aromatic rings. The Morgan fingerprint density at radius 2 is 2.35 bits per heavy atom. The summed E-state index contributed by atoms with van der Waals surface area (Å²) < 4.78 is 4.84. The SMILES string of the molecule is COCC(N)C(=O)N1CCSCC1CC(=O)O. The molecule has 1 saturated heterocycles. The first-order valence-corrected chi connectivity index (χ1v) is 6.56. The van der Waals surface area contributed by atoms with Gasteiger partial charge in [-0.25, -0.2) is 0 Å². The van der Waals surface area contributed by atoms with Gasteiger partial charge in [0.2, 0.25) is 5.91 Å². The average molecular weight is 262 g/mol. The van der Waals surface area contributed by atoms with E-state index in [1.54, 1.807) is 16.7 Å². The highest BCUT2D eigenvalue weighted by Gasteiger charge is 2.31. The summed E-state index contributed by atoms with van der Waals surface area (Å²) in [4.78, 5) is 24.3. The number of rotatable bonds is 5. The molecule has 98 valence electrons. The van der Waals surface area contributed by atoms with Gasteiger partial charge in [-0.15, -0.1) is 0 Å². The van der Waals surface area contributed by atoms with Gasteiger partial charge in [-0.05, 0) is 0 Å². The first-order valence-electron chi connectivity index (χ1n) is 5.40. The number of carboxylic acid groups (broad SMARTS) is 1. The largest absolute Gasteiger partial charge is 0.481 e. The molecule has 1 aliphatic rings. The fourth-order valence-electron chi connectivity index (χ4n) is 1.78. The van der Waals surface area contributed by atoms with Crippen LogP contribution in [-0.4, -0.2) is 65.7 Å². The lowest BCUT2D eigenvalue weighted by molar-refractivity contribution is -0.141. The van der Waals surface area contributed by atoms with Crippen LogP contribution in [0.4, 0.5) is 0 Å². The van der Waals surface area contributed by atoms with E-state index in [1.165, 1.54) is 7.11 Å². The molecule has 0 aliphatic carbocycles. The van der Waals surface area contributed by atoms with Crippen LogP contribution in [0.1, 0.15) is 6.42 Å². The van der Waals surface area contributed by atoms with Crippen LogP contribution < -0.4 is 5.73 Å². The van der Waals surface area contributed by atoms with E-state index >= 15 is 0 Å². The van der Waals surface area contributed by atoms with Gasteiger partial charge in [0.05, 0.1) is 19.1 Å². The number of carboxylic acids is 1. The van der Waals surface area contributed by atoms with Gasteiger partial charge in [0.25, 0.3) is 0 Å². The summed E-state index contributed by atoms with van der Waals surface area (Å²) in [6.45, 7) is 0.709. The Morgan fingerprint density at radius 3 is 2.94 bits per heavy atom. The van der Waals surface area contributed by atoms with Crippen molar-refractivity contribution >= 4 is 23.6 Å². The lowest BCUT2D eigenvalue weighted by Gasteiger charge is -2.36. The summed E-state index contributed by atoms with van der Waals surface area (Å²) in [6.07, 6.45) is -0.0293. The number of carbonyl (C=O) groups is 2. The second kappa shape index (κ2) is 6.83. The van der Waals surface area contributed by atoms with Crippen molar-refractivity contribution in [2.75, 3.05) is 31.8 Å². The summed E-state index contributed by atoms with van der Waals surface area (Å²) in [6, 6.07) is -0.971. The number of hydrogen-bond acceptors (Lipinski definition) is 5. The summed E-state index contributed by atoms with van der Waals surface area (Å²) >= 11 is 1.66. The number of thioether (sulfide) groups is 1. The smallest absolute Gasteiger partial charge is 0.305 e. The zero-order valence-corrected chi connectivity index (χ0v) is 10.6. The Hall–Kier alpha value is -0.790. The molecule has 1 fully saturated rings. The van der Waals surface area contributed by atoms with E-state index in [0.29, 0.717) is 12.3 Å². The van der Waals surface area contributed by atoms with Gasteiger partial charge in [-0.1, -0.05) is 0 Å². The summed E-state index contributed by atoms with van der Waals surface area (Å²) in [5.41, 5.74) is 5.68. The number of ether oxygens (including phenoxy) is 1. The van der Waals surface area contributed by atoms with Crippen LogP contribution in [0.15, 0.2) is 0 Å². The molecule has 17 heavy (non-hydrogen) atoms. The molecule has 0 aromatic carbocycles. The van der Waals surface area contributed by atoms with Crippen LogP contribution >= 0.6 is 11.8 Å². The molecule has 7 heteroatoms. The third-order valence-corrected chi connectivity index (χ3v) is 3.68. The number of amides is 1. The van der Waals surface area contributed by atoms with Gasteiger partial charge in [0.15, 0.2) is 0 Å². The summed E-state index contributed by atoms with van der Waals surface area (Å²) in [5, 5.41) is 8.80.